The number of benzene rings is 1. The Morgan fingerprint density at radius 1 is 1.37 bits per heavy atom. The largest absolute Gasteiger partial charge is 0.484 e. The molecule has 0 aliphatic heterocycles. The highest BCUT2D eigenvalue weighted by Gasteiger charge is 2.08. The summed E-state index contributed by atoms with van der Waals surface area (Å²) in [7, 11) is 0. The van der Waals surface area contributed by atoms with Crippen LogP contribution in [0.4, 0.5) is 10.1 Å². The van der Waals surface area contributed by atoms with Gasteiger partial charge in [0, 0.05) is 0 Å². The molecule has 1 aromatic heterocycles. The third kappa shape index (κ3) is 3.69. The van der Waals surface area contributed by atoms with Crippen molar-refractivity contribution in [2.45, 2.75) is 13.8 Å². The summed E-state index contributed by atoms with van der Waals surface area (Å²) in [4.78, 5) is 15.8. The Bertz CT molecular complexity index is 559. The van der Waals surface area contributed by atoms with Crippen molar-refractivity contribution in [2.75, 3.05) is 17.7 Å². The van der Waals surface area contributed by atoms with E-state index in [-0.39, 0.29) is 12.5 Å². The van der Waals surface area contributed by atoms with E-state index in [1.807, 2.05) is 31.2 Å². The number of nitrogens with zero attached hydrogens (tertiary/aromatic N) is 1. The summed E-state index contributed by atoms with van der Waals surface area (Å²) in [5, 5.41) is 3.75. The molecule has 0 atom stereocenters. The molecule has 0 unspecified atom stereocenters. The van der Waals surface area contributed by atoms with Crippen LogP contribution >= 0.6 is 11.3 Å². The van der Waals surface area contributed by atoms with Gasteiger partial charge >= 0.3 is 0 Å². The van der Waals surface area contributed by atoms with Crippen LogP contribution in [0.2, 0.25) is 0 Å². The van der Waals surface area contributed by atoms with Crippen LogP contribution in [0.25, 0.3) is 0 Å². The van der Waals surface area contributed by atoms with Crippen molar-refractivity contribution in [1.29, 1.82) is 0 Å². The zero-order valence-corrected chi connectivity index (χ0v) is 11.6. The van der Waals surface area contributed by atoms with E-state index in [1.54, 1.807) is 6.92 Å². The highest BCUT2D eigenvalue weighted by Crippen LogP contribution is 2.24. The van der Waals surface area contributed by atoms with E-state index < -0.39 is 0 Å². The number of aryl methyl sites for hydroxylation is 2. The molecule has 0 bridgehead atoms. The van der Waals surface area contributed by atoms with Crippen molar-refractivity contribution in [1.82, 2.24) is 4.98 Å². The lowest BCUT2D eigenvalue weighted by Crippen LogP contribution is -2.20. The quantitative estimate of drug-likeness (QED) is 0.899. The van der Waals surface area contributed by atoms with E-state index in [4.69, 9.17) is 10.5 Å². The van der Waals surface area contributed by atoms with Crippen LogP contribution in [0.15, 0.2) is 24.3 Å². The number of hydrogen-bond acceptors (Lipinski definition) is 5. The Hall–Kier alpha value is -2.08. The lowest BCUT2D eigenvalue weighted by atomic mass is 10.2. The number of carbonyl (C=O) groups excluding carboxylic acids is 1. The number of nitrogens with one attached hydrogen (secondary N) is 1. The summed E-state index contributed by atoms with van der Waals surface area (Å²) < 4.78 is 5.37. The molecule has 2 rings (SSSR count). The normalized spacial score (nSPS) is 10.2. The molecule has 6 heteroatoms. The molecule has 0 aliphatic carbocycles. The number of thiazole rings is 1. The fraction of sp³-hybridized carbons (Fsp3) is 0.231. The van der Waals surface area contributed by atoms with Crippen LogP contribution in [0.3, 0.4) is 0 Å². The molecule has 2 aromatic rings. The van der Waals surface area contributed by atoms with Crippen molar-refractivity contribution in [2.24, 2.45) is 0 Å². The molecule has 5 nitrogen and oxygen atoms in total. The molecule has 0 saturated carbocycles. The topological polar surface area (TPSA) is 77.2 Å². The van der Waals surface area contributed by atoms with E-state index >= 15 is 0 Å². The van der Waals surface area contributed by atoms with Gasteiger partial charge in [0.2, 0.25) is 0 Å². The van der Waals surface area contributed by atoms with Crippen molar-refractivity contribution in [3.8, 4) is 5.75 Å². The monoisotopic (exact) mass is 277 g/mol. The van der Waals surface area contributed by atoms with Gasteiger partial charge in [-0.05, 0) is 26.0 Å². The van der Waals surface area contributed by atoms with E-state index in [9.17, 15) is 4.79 Å². The maximum Gasteiger partial charge on any atom is 0.264 e. The fourth-order valence-electron chi connectivity index (χ4n) is 1.40. The fourth-order valence-corrected chi connectivity index (χ4v) is 2.15. The predicted molar refractivity (Wildman–Crippen MR) is 76.6 cm³/mol. The van der Waals surface area contributed by atoms with Crippen LogP contribution in [0.1, 0.15) is 11.3 Å². The summed E-state index contributed by atoms with van der Waals surface area (Å²) in [5.41, 5.74) is 7.54. The van der Waals surface area contributed by atoms with Gasteiger partial charge in [-0.15, -0.1) is 0 Å². The van der Waals surface area contributed by atoms with E-state index in [0.29, 0.717) is 15.9 Å². The molecule has 1 amide bonds. The second-order valence-corrected chi connectivity index (χ2v) is 5.15. The second-order valence-electron chi connectivity index (χ2n) is 4.12. The SMILES string of the molecule is Cc1ccc(OCC(=O)Nc2nc(C)c(N)s2)cc1. The Morgan fingerprint density at radius 2 is 2.05 bits per heavy atom. The van der Waals surface area contributed by atoms with Crippen molar-refractivity contribution < 1.29 is 9.53 Å². The van der Waals surface area contributed by atoms with Crippen molar-refractivity contribution in [3.05, 3.63) is 35.5 Å². The molecule has 19 heavy (non-hydrogen) atoms. The Morgan fingerprint density at radius 3 is 2.63 bits per heavy atom. The van der Waals surface area contributed by atoms with Gasteiger partial charge in [-0.2, -0.15) is 0 Å². The Kier molecular flexibility index (Phi) is 4.01. The third-order valence-corrected chi connectivity index (χ3v) is 3.37. The van der Waals surface area contributed by atoms with Crippen LogP contribution in [0.5, 0.6) is 5.75 Å². The Balaban J connectivity index is 1.86. The number of carbonyl (C=O) groups is 1. The lowest BCUT2D eigenvalue weighted by molar-refractivity contribution is -0.118. The average molecular weight is 277 g/mol. The Labute approximate surface area is 115 Å². The van der Waals surface area contributed by atoms with E-state index in [1.165, 1.54) is 11.3 Å². The minimum absolute atomic E-state index is 0.0540. The third-order valence-electron chi connectivity index (χ3n) is 2.47. The van der Waals surface area contributed by atoms with E-state index in [0.717, 1.165) is 11.3 Å². The molecule has 100 valence electrons. The maximum atomic E-state index is 11.7. The molecule has 1 heterocycles. The summed E-state index contributed by atoms with van der Waals surface area (Å²) >= 11 is 1.25. The second kappa shape index (κ2) is 5.71. The average Bonchev–Trinajstić information content (AvgIpc) is 2.67. The summed E-state index contributed by atoms with van der Waals surface area (Å²) in [6.07, 6.45) is 0. The van der Waals surface area contributed by atoms with Gasteiger partial charge in [-0.3, -0.25) is 10.1 Å². The number of amides is 1. The van der Waals surface area contributed by atoms with Gasteiger partial charge in [-0.1, -0.05) is 29.0 Å². The summed E-state index contributed by atoms with van der Waals surface area (Å²) in [6.45, 7) is 3.73. The van der Waals surface area contributed by atoms with Gasteiger partial charge in [0.1, 0.15) is 10.8 Å². The van der Waals surface area contributed by atoms with Crippen LogP contribution in [-0.4, -0.2) is 17.5 Å². The van der Waals surface area contributed by atoms with Gasteiger partial charge in [0.25, 0.3) is 5.91 Å². The molecule has 0 radical (unpaired) electrons. The molecular formula is C13H15N3O2S. The van der Waals surface area contributed by atoms with Gasteiger partial charge in [0.15, 0.2) is 11.7 Å². The standard InChI is InChI=1S/C13H15N3O2S/c1-8-3-5-10(6-4-8)18-7-11(17)16-13-15-9(2)12(14)19-13/h3-6H,7,14H2,1-2H3,(H,15,16,17). The van der Waals surface area contributed by atoms with E-state index in [2.05, 4.69) is 10.3 Å². The first-order valence-electron chi connectivity index (χ1n) is 5.77. The van der Waals surface area contributed by atoms with Crippen LogP contribution < -0.4 is 15.8 Å². The first-order chi connectivity index (χ1) is 9.04. The molecule has 1 aromatic carbocycles. The van der Waals surface area contributed by atoms with Crippen molar-refractivity contribution >= 4 is 27.4 Å². The minimum Gasteiger partial charge on any atom is -0.484 e. The van der Waals surface area contributed by atoms with Crippen LogP contribution in [0, 0.1) is 13.8 Å². The van der Waals surface area contributed by atoms with Gasteiger partial charge < -0.3 is 10.5 Å². The van der Waals surface area contributed by atoms with Gasteiger partial charge in [-0.25, -0.2) is 4.98 Å². The summed E-state index contributed by atoms with van der Waals surface area (Å²) in [6, 6.07) is 7.51. The number of anilines is 2. The zero-order valence-electron chi connectivity index (χ0n) is 10.8. The number of rotatable bonds is 4. The zero-order chi connectivity index (χ0) is 13.8. The first kappa shape index (κ1) is 13.4. The highest BCUT2D eigenvalue weighted by molar-refractivity contribution is 7.19. The molecule has 0 spiro atoms. The number of hydrogen-bond donors (Lipinski definition) is 2. The molecular weight excluding hydrogens is 262 g/mol. The molecule has 0 saturated heterocycles. The maximum absolute atomic E-state index is 11.7. The number of aromatic nitrogens is 1. The number of ether oxygens (including phenoxy) is 1. The predicted octanol–water partition coefficient (Wildman–Crippen LogP) is 2.36. The molecule has 0 aliphatic rings. The highest BCUT2D eigenvalue weighted by atomic mass is 32.1. The molecule has 0 fully saturated rings. The smallest absolute Gasteiger partial charge is 0.264 e. The lowest BCUT2D eigenvalue weighted by Gasteiger charge is -2.05. The molecule has 3 N–H and O–H groups in total. The summed E-state index contributed by atoms with van der Waals surface area (Å²) in [5.74, 6) is 0.407. The minimum atomic E-state index is -0.255. The van der Waals surface area contributed by atoms with Gasteiger partial charge in [0.05, 0.1) is 5.69 Å². The first-order valence-corrected chi connectivity index (χ1v) is 6.58. The number of nitrogen functional groups attached to an aromatic ring is 1. The van der Waals surface area contributed by atoms with Crippen molar-refractivity contribution in [3.63, 3.8) is 0 Å². The van der Waals surface area contributed by atoms with Crippen LogP contribution in [-0.2, 0) is 4.79 Å². The number of nitrogens with two attached hydrogens (primary N) is 1.